The number of ether oxygens (including phenoxy) is 3. The minimum absolute atomic E-state index is 0.0141. The van der Waals surface area contributed by atoms with Gasteiger partial charge in [0.2, 0.25) is 0 Å². The number of rotatable bonds is 6. The van der Waals surface area contributed by atoms with E-state index in [0.29, 0.717) is 13.0 Å². The molecule has 0 bridgehead atoms. The number of nitrogens with one attached hydrogen (secondary N) is 2. The van der Waals surface area contributed by atoms with Gasteiger partial charge in [0.05, 0.1) is 25.3 Å². The van der Waals surface area contributed by atoms with Crippen LogP contribution in [0.15, 0.2) is 48.5 Å². The molecule has 2 amide bonds. The van der Waals surface area contributed by atoms with E-state index in [1.807, 2.05) is 36.4 Å². The number of carboxylic acids is 1. The molecule has 3 aliphatic rings. The second kappa shape index (κ2) is 9.31. The summed E-state index contributed by atoms with van der Waals surface area (Å²) in [6.45, 7) is 2.12. The first-order valence-electron chi connectivity index (χ1n) is 11.7. The fraction of sp³-hybridized carbons (Fsp3) is 0.423. The van der Waals surface area contributed by atoms with Crippen molar-refractivity contribution in [2.45, 2.75) is 37.5 Å². The first-order chi connectivity index (χ1) is 16.9. The van der Waals surface area contributed by atoms with Crippen molar-refractivity contribution in [2.75, 3.05) is 26.4 Å². The molecule has 3 N–H and O–H groups in total. The molecule has 4 atom stereocenters. The fourth-order valence-electron chi connectivity index (χ4n) is 5.13. The van der Waals surface area contributed by atoms with Crippen molar-refractivity contribution < 1.29 is 33.7 Å². The molecule has 2 saturated heterocycles. The van der Waals surface area contributed by atoms with Crippen LogP contribution in [0.1, 0.15) is 30.4 Å². The van der Waals surface area contributed by atoms with Crippen LogP contribution >= 0.6 is 0 Å². The Hall–Kier alpha value is -3.43. The summed E-state index contributed by atoms with van der Waals surface area (Å²) in [6, 6.07) is 14.9. The minimum atomic E-state index is -1.22. The predicted octanol–water partition coefficient (Wildman–Crippen LogP) is 2.29. The van der Waals surface area contributed by atoms with Gasteiger partial charge in [-0.05, 0) is 35.6 Å². The van der Waals surface area contributed by atoms with Crippen LogP contribution < -0.4 is 10.6 Å². The molecule has 2 heterocycles. The highest BCUT2D eigenvalue weighted by Gasteiger charge is 2.48. The smallest absolute Gasteiger partial charge is 0.407 e. The van der Waals surface area contributed by atoms with Crippen molar-refractivity contribution in [3.63, 3.8) is 0 Å². The zero-order valence-electron chi connectivity index (χ0n) is 19.4. The van der Waals surface area contributed by atoms with Crippen LogP contribution in [0.5, 0.6) is 0 Å². The number of hydrogen-bond acceptors (Lipinski definition) is 6. The number of fused-ring (bicyclic) bond motifs is 3. The Morgan fingerprint density at radius 1 is 1.06 bits per heavy atom. The summed E-state index contributed by atoms with van der Waals surface area (Å²) in [7, 11) is 0. The van der Waals surface area contributed by atoms with Crippen LogP contribution in [-0.2, 0) is 23.8 Å². The van der Waals surface area contributed by atoms with E-state index in [1.165, 1.54) is 6.92 Å². The highest BCUT2D eigenvalue weighted by Crippen LogP contribution is 2.44. The SMILES string of the molecule is CC1(C(=O)O)COCC1NC(=O)[C@@H]1OCC[C@@H]1NC(=O)OCC1c2ccccc2-c2ccccc21. The van der Waals surface area contributed by atoms with Crippen molar-refractivity contribution in [3.05, 3.63) is 59.7 Å². The van der Waals surface area contributed by atoms with Crippen LogP contribution in [0.2, 0.25) is 0 Å². The lowest BCUT2D eigenvalue weighted by Gasteiger charge is -2.27. The van der Waals surface area contributed by atoms with Gasteiger partial charge in [-0.15, -0.1) is 0 Å². The fourth-order valence-corrected chi connectivity index (χ4v) is 5.13. The molecule has 0 radical (unpaired) electrons. The monoisotopic (exact) mass is 480 g/mol. The number of amides is 2. The number of carbonyl (C=O) groups excluding carboxylic acids is 2. The van der Waals surface area contributed by atoms with Gasteiger partial charge in [-0.3, -0.25) is 9.59 Å². The van der Waals surface area contributed by atoms with Crippen LogP contribution in [0.3, 0.4) is 0 Å². The Bertz CT molecular complexity index is 1110. The Balaban J connectivity index is 1.20. The molecule has 2 aromatic carbocycles. The van der Waals surface area contributed by atoms with E-state index in [-0.39, 0.29) is 25.7 Å². The molecule has 0 aromatic heterocycles. The van der Waals surface area contributed by atoms with Crippen LogP contribution in [-0.4, -0.2) is 67.7 Å². The molecule has 1 aliphatic carbocycles. The lowest BCUT2D eigenvalue weighted by atomic mass is 9.85. The maximum Gasteiger partial charge on any atom is 0.407 e. The second-order valence-corrected chi connectivity index (χ2v) is 9.46. The van der Waals surface area contributed by atoms with E-state index in [0.717, 1.165) is 22.3 Å². The third-order valence-electron chi connectivity index (χ3n) is 7.26. The summed E-state index contributed by atoms with van der Waals surface area (Å²) in [4.78, 5) is 37.2. The van der Waals surface area contributed by atoms with Gasteiger partial charge in [0.1, 0.15) is 12.0 Å². The number of alkyl carbamates (subject to hydrolysis) is 1. The maximum absolute atomic E-state index is 12.9. The number of hydrogen-bond donors (Lipinski definition) is 3. The van der Waals surface area contributed by atoms with Gasteiger partial charge >= 0.3 is 12.1 Å². The average molecular weight is 481 g/mol. The molecule has 2 aromatic rings. The molecule has 35 heavy (non-hydrogen) atoms. The molecule has 2 unspecified atom stereocenters. The highest BCUT2D eigenvalue weighted by molar-refractivity contribution is 5.85. The zero-order valence-corrected chi connectivity index (χ0v) is 19.4. The average Bonchev–Trinajstić information content (AvgIpc) is 3.55. The summed E-state index contributed by atoms with van der Waals surface area (Å²) in [5.41, 5.74) is 3.29. The van der Waals surface area contributed by atoms with E-state index in [1.54, 1.807) is 0 Å². The summed E-state index contributed by atoms with van der Waals surface area (Å²) in [5.74, 6) is -1.58. The standard InChI is InChI=1S/C26H28N2O7/c1-26(24(30)31)14-33-13-21(26)28-23(29)22-20(10-11-34-22)27-25(32)35-12-19-17-8-4-2-6-15(17)16-7-3-5-9-18(16)19/h2-9,19-22H,10-14H2,1H3,(H,27,32)(H,28,29)(H,30,31)/t20-,21?,22+,26?/m0/s1. The van der Waals surface area contributed by atoms with Gasteiger partial charge in [0, 0.05) is 12.5 Å². The first-order valence-corrected chi connectivity index (χ1v) is 11.7. The van der Waals surface area contributed by atoms with E-state index >= 15 is 0 Å². The van der Waals surface area contributed by atoms with Gasteiger partial charge in [-0.2, -0.15) is 0 Å². The quantitative estimate of drug-likeness (QED) is 0.580. The summed E-state index contributed by atoms with van der Waals surface area (Å²) >= 11 is 0. The first kappa shape index (κ1) is 23.3. The molecule has 0 saturated carbocycles. The minimum Gasteiger partial charge on any atom is -0.481 e. The van der Waals surface area contributed by atoms with Crippen molar-refractivity contribution in [1.82, 2.24) is 10.6 Å². The lowest BCUT2D eigenvalue weighted by molar-refractivity contribution is -0.149. The number of carbonyl (C=O) groups is 3. The summed E-state index contributed by atoms with van der Waals surface area (Å²) in [5, 5.41) is 15.0. The third-order valence-corrected chi connectivity index (χ3v) is 7.26. The Morgan fingerprint density at radius 3 is 2.37 bits per heavy atom. The molecule has 9 heteroatoms. The molecule has 2 aliphatic heterocycles. The molecule has 2 fully saturated rings. The van der Waals surface area contributed by atoms with Gasteiger partial charge in [0.15, 0.2) is 6.10 Å². The predicted molar refractivity (Wildman–Crippen MR) is 125 cm³/mol. The van der Waals surface area contributed by atoms with E-state index in [9.17, 15) is 19.5 Å². The molecule has 5 rings (SSSR count). The van der Waals surface area contributed by atoms with Crippen LogP contribution in [0.25, 0.3) is 11.1 Å². The molecular formula is C26H28N2O7. The largest absolute Gasteiger partial charge is 0.481 e. The number of benzene rings is 2. The van der Waals surface area contributed by atoms with E-state index < -0.39 is 41.6 Å². The van der Waals surface area contributed by atoms with Crippen molar-refractivity contribution in [3.8, 4) is 11.1 Å². The van der Waals surface area contributed by atoms with Gasteiger partial charge in [0.25, 0.3) is 5.91 Å². The Labute approximate surface area is 202 Å². The molecular weight excluding hydrogens is 452 g/mol. The number of aliphatic carboxylic acids is 1. The molecule has 184 valence electrons. The molecule has 9 nitrogen and oxygen atoms in total. The van der Waals surface area contributed by atoms with Crippen LogP contribution in [0.4, 0.5) is 4.79 Å². The van der Waals surface area contributed by atoms with Crippen molar-refractivity contribution in [2.24, 2.45) is 5.41 Å². The third kappa shape index (κ3) is 4.26. The van der Waals surface area contributed by atoms with Crippen molar-refractivity contribution >= 4 is 18.0 Å². The summed E-state index contributed by atoms with van der Waals surface area (Å²) < 4.78 is 16.5. The van der Waals surface area contributed by atoms with Gasteiger partial charge < -0.3 is 30.0 Å². The zero-order chi connectivity index (χ0) is 24.6. The topological polar surface area (TPSA) is 123 Å². The highest BCUT2D eigenvalue weighted by atomic mass is 16.6. The van der Waals surface area contributed by atoms with Gasteiger partial charge in [-0.25, -0.2) is 4.79 Å². The normalized spacial score (nSPS) is 27.2. The van der Waals surface area contributed by atoms with Crippen LogP contribution in [0, 0.1) is 5.41 Å². The lowest BCUT2D eigenvalue weighted by Crippen LogP contribution is -2.55. The van der Waals surface area contributed by atoms with Gasteiger partial charge in [-0.1, -0.05) is 48.5 Å². The second-order valence-electron chi connectivity index (χ2n) is 9.46. The summed E-state index contributed by atoms with van der Waals surface area (Å²) in [6.07, 6.45) is -1.12. The number of carboxylic acid groups (broad SMARTS) is 1. The Morgan fingerprint density at radius 2 is 1.71 bits per heavy atom. The van der Waals surface area contributed by atoms with E-state index in [2.05, 4.69) is 22.8 Å². The maximum atomic E-state index is 12.9. The Kier molecular flexibility index (Phi) is 6.21. The van der Waals surface area contributed by atoms with Crippen molar-refractivity contribution in [1.29, 1.82) is 0 Å². The van der Waals surface area contributed by atoms with E-state index in [4.69, 9.17) is 14.2 Å². The molecule has 0 spiro atoms.